The summed E-state index contributed by atoms with van der Waals surface area (Å²) in [4.78, 5) is 0. The van der Waals surface area contributed by atoms with Crippen molar-refractivity contribution in [2.45, 2.75) is 38.3 Å². The van der Waals surface area contributed by atoms with Crippen molar-refractivity contribution in [1.29, 1.82) is 0 Å². The molecule has 2 aliphatic heterocycles. The first-order valence-corrected chi connectivity index (χ1v) is 14.6. The van der Waals surface area contributed by atoms with E-state index < -0.39 is 0 Å². The Balaban J connectivity index is 0.860. The lowest BCUT2D eigenvalue weighted by Crippen LogP contribution is -2.23. The van der Waals surface area contributed by atoms with Crippen molar-refractivity contribution in [3.63, 3.8) is 0 Å². The second-order valence-corrected chi connectivity index (χ2v) is 10.9. The van der Waals surface area contributed by atoms with Crippen molar-refractivity contribution in [1.82, 2.24) is 0 Å². The van der Waals surface area contributed by atoms with Crippen LogP contribution in [0.2, 0.25) is 0 Å². The summed E-state index contributed by atoms with van der Waals surface area (Å²) in [6.45, 7) is 8.70. The minimum Gasteiger partial charge on any atom is -0.491 e. The van der Waals surface area contributed by atoms with Gasteiger partial charge in [-0.1, -0.05) is 24.3 Å². The van der Waals surface area contributed by atoms with E-state index in [1.165, 1.54) is 0 Å². The molecule has 2 aliphatic rings. The average Bonchev–Trinajstić information content (AvgIpc) is 3.92. The molecule has 2 saturated heterocycles. The Morgan fingerprint density at radius 2 is 0.929 bits per heavy atom. The molecule has 0 spiro atoms. The van der Waals surface area contributed by atoms with Gasteiger partial charge in [0.05, 0.1) is 39.6 Å². The summed E-state index contributed by atoms with van der Waals surface area (Å²) in [5, 5.41) is 4.41. The Morgan fingerprint density at radius 3 is 1.31 bits per heavy atom. The van der Waals surface area contributed by atoms with Gasteiger partial charge in [-0.15, -0.1) is 0 Å². The van der Waals surface area contributed by atoms with Gasteiger partial charge >= 0.3 is 0 Å². The maximum Gasteiger partial charge on any atom is 0.120 e. The molecule has 0 amide bonds. The topological polar surface area (TPSA) is 80.4 Å². The van der Waals surface area contributed by atoms with Gasteiger partial charge in [-0.25, -0.2) is 0 Å². The minimum absolute atomic E-state index is 0.0892. The fourth-order valence-corrected chi connectivity index (χ4v) is 4.59. The van der Waals surface area contributed by atoms with E-state index in [1.54, 1.807) is 0 Å². The van der Waals surface area contributed by atoms with Gasteiger partial charge in [0.25, 0.3) is 0 Å². The van der Waals surface area contributed by atoms with E-state index >= 15 is 0 Å². The molecule has 4 atom stereocenters. The van der Waals surface area contributed by atoms with Gasteiger partial charge < -0.3 is 37.9 Å². The van der Waals surface area contributed by atoms with Crippen molar-refractivity contribution in [3.05, 3.63) is 72.8 Å². The first-order chi connectivity index (χ1) is 20.6. The molecule has 8 nitrogen and oxygen atoms in total. The molecule has 6 rings (SSSR count). The fraction of sp³-hybridized carbons (Fsp3) is 0.412. The summed E-state index contributed by atoms with van der Waals surface area (Å²) in [6, 6.07) is 24.3. The van der Waals surface area contributed by atoms with Gasteiger partial charge in [-0.05, 0) is 83.9 Å². The van der Waals surface area contributed by atoms with E-state index in [1.807, 2.05) is 86.6 Å². The van der Waals surface area contributed by atoms with E-state index in [0.717, 1.165) is 57.8 Å². The SMILES string of the molecule is CC(COCCOCC(C)Oc1ccc2cc(OCC3CO3)ccc2c1)Oc1ccc2cc(OCC3CO3)ccc2c1. The number of benzene rings is 4. The highest BCUT2D eigenvalue weighted by atomic mass is 16.6. The van der Waals surface area contributed by atoms with Crippen molar-refractivity contribution in [2.75, 3.05) is 52.9 Å². The number of ether oxygens (including phenoxy) is 8. The quantitative estimate of drug-likeness (QED) is 0.115. The third kappa shape index (κ3) is 8.49. The Labute approximate surface area is 246 Å². The number of rotatable bonds is 17. The molecule has 2 heterocycles. The first-order valence-electron chi connectivity index (χ1n) is 14.6. The van der Waals surface area contributed by atoms with Gasteiger partial charge in [0.15, 0.2) is 0 Å². The van der Waals surface area contributed by atoms with Crippen molar-refractivity contribution in [3.8, 4) is 23.0 Å². The van der Waals surface area contributed by atoms with Crippen LogP contribution >= 0.6 is 0 Å². The number of fused-ring (bicyclic) bond motifs is 2. The molecular formula is C34H38O8. The second kappa shape index (κ2) is 13.6. The molecule has 0 N–H and O–H groups in total. The minimum atomic E-state index is -0.0892. The lowest BCUT2D eigenvalue weighted by Gasteiger charge is -2.17. The lowest BCUT2D eigenvalue weighted by molar-refractivity contribution is -0.00155. The number of epoxide rings is 2. The predicted molar refractivity (Wildman–Crippen MR) is 160 cm³/mol. The summed E-state index contributed by atoms with van der Waals surface area (Å²) in [5.74, 6) is 3.33. The summed E-state index contributed by atoms with van der Waals surface area (Å²) in [5.41, 5.74) is 0. The Hall–Kier alpha value is -3.56. The second-order valence-electron chi connectivity index (χ2n) is 10.9. The normalized spacial score (nSPS) is 18.9. The molecule has 0 saturated carbocycles. The molecule has 42 heavy (non-hydrogen) atoms. The molecule has 0 aromatic heterocycles. The van der Waals surface area contributed by atoms with Crippen LogP contribution in [0.25, 0.3) is 21.5 Å². The van der Waals surface area contributed by atoms with Crippen LogP contribution in [0.4, 0.5) is 0 Å². The van der Waals surface area contributed by atoms with Crippen molar-refractivity contribution < 1.29 is 37.9 Å². The summed E-state index contributed by atoms with van der Waals surface area (Å²) < 4.78 is 45.7. The number of hydrogen-bond acceptors (Lipinski definition) is 8. The third-order valence-electron chi connectivity index (χ3n) is 6.99. The van der Waals surface area contributed by atoms with Crippen LogP contribution in [0.15, 0.2) is 72.8 Å². The van der Waals surface area contributed by atoms with Gasteiger partial charge in [-0.3, -0.25) is 0 Å². The van der Waals surface area contributed by atoms with Gasteiger partial charge in [0, 0.05) is 0 Å². The number of hydrogen-bond donors (Lipinski definition) is 0. The molecule has 4 unspecified atom stereocenters. The van der Waals surface area contributed by atoms with Crippen molar-refractivity contribution in [2.24, 2.45) is 0 Å². The lowest BCUT2D eigenvalue weighted by atomic mass is 10.1. The summed E-state index contributed by atoms with van der Waals surface area (Å²) >= 11 is 0. The van der Waals surface area contributed by atoms with Crippen molar-refractivity contribution >= 4 is 21.5 Å². The monoisotopic (exact) mass is 574 g/mol. The Kier molecular flexibility index (Phi) is 9.25. The van der Waals surface area contributed by atoms with Crippen LogP contribution in [0, 0.1) is 0 Å². The Bertz CT molecular complexity index is 1350. The highest BCUT2D eigenvalue weighted by Gasteiger charge is 2.23. The first kappa shape index (κ1) is 28.6. The zero-order valence-corrected chi connectivity index (χ0v) is 24.2. The Morgan fingerprint density at radius 1 is 0.571 bits per heavy atom. The van der Waals surface area contributed by atoms with Crippen LogP contribution in [0.3, 0.4) is 0 Å². The standard InChI is InChI=1S/C34H38O8/c1-23(41-31-9-5-25-13-29(7-3-27(25)15-31)37-19-33-21-39-33)17-35-11-12-36-18-24(2)42-32-10-6-26-14-30(8-4-28(26)16-32)38-20-34-22-40-34/h3-10,13-16,23-24,33-34H,11-12,17-22H2,1-2H3. The third-order valence-corrected chi connectivity index (χ3v) is 6.99. The molecule has 0 bridgehead atoms. The van der Waals surface area contributed by atoms with Gasteiger partial charge in [0.2, 0.25) is 0 Å². The van der Waals surface area contributed by atoms with Gasteiger partial charge in [-0.2, -0.15) is 0 Å². The summed E-state index contributed by atoms with van der Waals surface area (Å²) in [6.07, 6.45) is 0.311. The van der Waals surface area contributed by atoms with Crippen LogP contribution in [0.5, 0.6) is 23.0 Å². The van der Waals surface area contributed by atoms with E-state index in [4.69, 9.17) is 37.9 Å². The van der Waals surface area contributed by atoms with Crippen LogP contribution in [-0.4, -0.2) is 77.3 Å². The molecule has 4 aromatic rings. The largest absolute Gasteiger partial charge is 0.491 e. The highest BCUT2D eigenvalue weighted by Crippen LogP contribution is 2.27. The highest BCUT2D eigenvalue weighted by molar-refractivity contribution is 5.86. The zero-order chi connectivity index (χ0) is 28.7. The molecular weight excluding hydrogens is 536 g/mol. The smallest absolute Gasteiger partial charge is 0.120 e. The van der Waals surface area contributed by atoms with E-state index in [2.05, 4.69) is 0 Å². The van der Waals surface area contributed by atoms with Crippen LogP contribution in [-0.2, 0) is 18.9 Å². The maximum absolute atomic E-state index is 6.07. The molecule has 8 heteroatoms. The van der Waals surface area contributed by atoms with E-state index in [-0.39, 0.29) is 24.4 Å². The molecule has 2 fully saturated rings. The predicted octanol–water partition coefficient (Wildman–Crippen LogP) is 5.82. The van der Waals surface area contributed by atoms with E-state index in [9.17, 15) is 0 Å². The molecule has 4 aromatic carbocycles. The molecule has 0 aliphatic carbocycles. The molecule has 0 radical (unpaired) electrons. The zero-order valence-electron chi connectivity index (χ0n) is 24.2. The average molecular weight is 575 g/mol. The van der Waals surface area contributed by atoms with Crippen LogP contribution in [0.1, 0.15) is 13.8 Å². The molecule has 222 valence electrons. The van der Waals surface area contributed by atoms with Crippen LogP contribution < -0.4 is 18.9 Å². The summed E-state index contributed by atoms with van der Waals surface area (Å²) in [7, 11) is 0. The van der Waals surface area contributed by atoms with E-state index in [0.29, 0.717) is 39.6 Å². The maximum atomic E-state index is 6.07. The van der Waals surface area contributed by atoms with Gasteiger partial charge in [0.1, 0.15) is 60.6 Å². The fourth-order valence-electron chi connectivity index (χ4n) is 4.59.